The van der Waals surface area contributed by atoms with Gasteiger partial charge in [-0.15, -0.1) is 0 Å². The SMILES string of the molecule is CC(=CC(C(C)C)N(C)C(=O)[C@@H](NC(=O)[C@H]1CCCCN1C(C)C)C(C)C)C(=O)N(CCC#N)Cc1ccccc1. The Morgan fingerprint density at radius 1 is 1.07 bits per heavy atom. The third kappa shape index (κ3) is 9.71. The van der Waals surface area contributed by atoms with E-state index in [2.05, 4.69) is 30.1 Å². The highest BCUT2D eigenvalue weighted by Crippen LogP contribution is 2.22. The molecular formula is C33H51N5O3. The van der Waals surface area contributed by atoms with Gasteiger partial charge in [-0.2, -0.15) is 5.26 Å². The van der Waals surface area contributed by atoms with E-state index in [4.69, 9.17) is 5.26 Å². The molecule has 1 heterocycles. The van der Waals surface area contributed by atoms with E-state index in [-0.39, 0.29) is 54.1 Å². The average molecular weight is 566 g/mol. The molecule has 0 aromatic heterocycles. The fourth-order valence-corrected chi connectivity index (χ4v) is 5.55. The quantitative estimate of drug-likeness (QED) is 0.348. The number of carbonyl (C=O) groups excluding carboxylic acids is 3. The molecule has 3 atom stereocenters. The summed E-state index contributed by atoms with van der Waals surface area (Å²) in [6, 6.07) is 10.9. The number of amides is 3. The summed E-state index contributed by atoms with van der Waals surface area (Å²) in [6.45, 7) is 15.5. The van der Waals surface area contributed by atoms with Crippen LogP contribution in [0.25, 0.3) is 0 Å². The first kappa shape index (κ1) is 34.0. The van der Waals surface area contributed by atoms with E-state index >= 15 is 0 Å². The number of likely N-dealkylation sites (N-methyl/N-ethyl adjacent to an activating group) is 1. The average Bonchev–Trinajstić information content (AvgIpc) is 2.95. The minimum atomic E-state index is -0.667. The third-order valence-electron chi connectivity index (χ3n) is 7.97. The second-order valence-corrected chi connectivity index (χ2v) is 12.2. The summed E-state index contributed by atoms with van der Waals surface area (Å²) in [4.78, 5) is 46.4. The van der Waals surface area contributed by atoms with Gasteiger partial charge < -0.3 is 15.1 Å². The lowest BCUT2D eigenvalue weighted by molar-refractivity contribution is -0.140. The van der Waals surface area contributed by atoms with Crippen molar-refractivity contribution in [3.63, 3.8) is 0 Å². The van der Waals surface area contributed by atoms with Crippen LogP contribution in [-0.4, -0.2) is 76.7 Å². The van der Waals surface area contributed by atoms with E-state index in [1.807, 2.05) is 64.1 Å². The van der Waals surface area contributed by atoms with E-state index in [9.17, 15) is 14.4 Å². The van der Waals surface area contributed by atoms with Crippen molar-refractivity contribution in [3.8, 4) is 6.07 Å². The number of hydrogen-bond acceptors (Lipinski definition) is 5. The van der Waals surface area contributed by atoms with E-state index in [1.165, 1.54) is 0 Å². The smallest absolute Gasteiger partial charge is 0.249 e. The molecule has 0 bridgehead atoms. The predicted octanol–water partition coefficient (Wildman–Crippen LogP) is 4.76. The number of likely N-dealkylation sites (tertiary alicyclic amines) is 1. The van der Waals surface area contributed by atoms with Crippen LogP contribution < -0.4 is 5.32 Å². The Labute approximate surface area is 247 Å². The van der Waals surface area contributed by atoms with Crippen molar-refractivity contribution >= 4 is 17.7 Å². The molecule has 1 aromatic rings. The van der Waals surface area contributed by atoms with Gasteiger partial charge in [0.05, 0.1) is 24.6 Å². The molecule has 8 heteroatoms. The molecule has 3 amide bonds. The van der Waals surface area contributed by atoms with Gasteiger partial charge in [0.2, 0.25) is 17.7 Å². The van der Waals surface area contributed by atoms with Crippen molar-refractivity contribution < 1.29 is 14.4 Å². The standard InChI is InChI=1S/C33H51N5O3/c1-23(2)29(21-26(7)32(40)37(19-14-18-34)22-27-15-10-9-11-16-27)36(8)33(41)30(24(3)4)35-31(39)28-17-12-13-20-38(28)25(5)6/h9-11,15-16,21,23-25,28-30H,12-14,17,19-20,22H2,1-8H3,(H,35,39)/t28-,29?,30+/m1/s1. The van der Waals surface area contributed by atoms with Gasteiger partial charge in [0.15, 0.2) is 0 Å². The number of rotatable bonds is 13. The number of carbonyl (C=O) groups is 3. The van der Waals surface area contributed by atoms with Gasteiger partial charge in [-0.3, -0.25) is 19.3 Å². The zero-order valence-corrected chi connectivity index (χ0v) is 26.4. The number of nitriles is 1. The van der Waals surface area contributed by atoms with Crippen molar-refractivity contribution in [1.82, 2.24) is 20.0 Å². The molecule has 41 heavy (non-hydrogen) atoms. The summed E-state index contributed by atoms with van der Waals surface area (Å²) < 4.78 is 0. The molecule has 1 aromatic carbocycles. The Kier molecular flexibility index (Phi) is 13.5. The molecule has 0 saturated carbocycles. The normalized spacial score (nSPS) is 17.7. The molecule has 1 N–H and O–H groups in total. The molecule has 1 fully saturated rings. The summed E-state index contributed by atoms with van der Waals surface area (Å²) in [7, 11) is 1.75. The molecule has 226 valence electrons. The fourth-order valence-electron chi connectivity index (χ4n) is 5.55. The van der Waals surface area contributed by atoms with Crippen molar-refractivity contribution in [2.75, 3.05) is 20.1 Å². The monoisotopic (exact) mass is 565 g/mol. The van der Waals surface area contributed by atoms with Crippen LogP contribution in [0.3, 0.4) is 0 Å². The molecule has 0 spiro atoms. The zero-order chi connectivity index (χ0) is 30.7. The Morgan fingerprint density at radius 3 is 2.29 bits per heavy atom. The molecule has 8 nitrogen and oxygen atoms in total. The molecule has 0 aliphatic carbocycles. The lowest BCUT2D eigenvalue weighted by Crippen LogP contribution is -2.58. The molecule has 1 aliphatic rings. The Bertz CT molecular complexity index is 1080. The fraction of sp³-hybridized carbons (Fsp3) is 0.636. The van der Waals surface area contributed by atoms with Crippen LogP contribution in [0.15, 0.2) is 42.0 Å². The lowest BCUT2D eigenvalue weighted by atomic mass is 9.95. The van der Waals surface area contributed by atoms with Crippen molar-refractivity contribution in [2.24, 2.45) is 11.8 Å². The van der Waals surface area contributed by atoms with Gasteiger partial charge in [0.1, 0.15) is 6.04 Å². The lowest BCUT2D eigenvalue weighted by Gasteiger charge is -2.39. The Hall–Kier alpha value is -3.18. The molecule has 1 aliphatic heterocycles. The van der Waals surface area contributed by atoms with E-state index in [0.717, 1.165) is 31.4 Å². The first-order valence-electron chi connectivity index (χ1n) is 15.1. The van der Waals surface area contributed by atoms with Gasteiger partial charge in [0, 0.05) is 31.8 Å². The van der Waals surface area contributed by atoms with E-state index in [0.29, 0.717) is 18.7 Å². The number of benzene rings is 1. The maximum atomic E-state index is 13.9. The maximum absolute atomic E-state index is 13.9. The third-order valence-corrected chi connectivity index (χ3v) is 7.97. The zero-order valence-electron chi connectivity index (χ0n) is 26.4. The highest BCUT2D eigenvalue weighted by Gasteiger charge is 2.36. The minimum Gasteiger partial charge on any atom is -0.343 e. The molecule has 1 saturated heterocycles. The summed E-state index contributed by atoms with van der Waals surface area (Å²) in [5.74, 6) is -0.476. The number of hydrogen-bond donors (Lipinski definition) is 1. The van der Waals surface area contributed by atoms with E-state index < -0.39 is 6.04 Å². The van der Waals surface area contributed by atoms with Crippen LogP contribution in [0, 0.1) is 23.2 Å². The van der Waals surface area contributed by atoms with Crippen LogP contribution in [0.4, 0.5) is 0 Å². The Balaban J connectivity index is 2.25. The molecule has 2 rings (SSSR count). The van der Waals surface area contributed by atoms with Gasteiger partial charge in [0.25, 0.3) is 0 Å². The first-order valence-corrected chi connectivity index (χ1v) is 15.1. The van der Waals surface area contributed by atoms with Crippen LogP contribution in [0.2, 0.25) is 0 Å². The van der Waals surface area contributed by atoms with Crippen molar-refractivity contribution in [2.45, 2.75) is 105 Å². The van der Waals surface area contributed by atoms with Crippen LogP contribution in [-0.2, 0) is 20.9 Å². The van der Waals surface area contributed by atoms with Gasteiger partial charge in [-0.05, 0) is 57.6 Å². The summed E-state index contributed by atoms with van der Waals surface area (Å²) in [6.07, 6.45) is 4.98. The minimum absolute atomic E-state index is 0.0340. The Morgan fingerprint density at radius 2 is 1.73 bits per heavy atom. The molecule has 0 radical (unpaired) electrons. The highest BCUT2D eigenvalue weighted by molar-refractivity contribution is 5.93. The van der Waals surface area contributed by atoms with Crippen molar-refractivity contribution in [3.05, 3.63) is 47.5 Å². The number of nitrogens with zero attached hydrogens (tertiary/aromatic N) is 4. The van der Waals surface area contributed by atoms with E-state index in [1.54, 1.807) is 23.8 Å². The number of piperidine rings is 1. The van der Waals surface area contributed by atoms with Crippen molar-refractivity contribution in [1.29, 1.82) is 5.26 Å². The van der Waals surface area contributed by atoms with Crippen LogP contribution >= 0.6 is 0 Å². The predicted molar refractivity (Wildman–Crippen MR) is 163 cm³/mol. The second-order valence-electron chi connectivity index (χ2n) is 12.2. The summed E-state index contributed by atoms with van der Waals surface area (Å²) in [5, 5.41) is 12.3. The second kappa shape index (κ2) is 16.3. The summed E-state index contributed by atoms with van der Waals surface area (Å²) >= 11 is 0. The summed E-state index contributed by atoms with van der Waals surface area (Å²) in [5.41, 5.74) is 1.51. The van der Waals surface area contributed by atoms with Crippen LogP contribution in [0.5, 0.6) is 0 Å². The van der Waals surface area contributed by atoms with Gasteiger partial charge in [-0.25, -0.2) is 0 Å². The van der Waals surface area contributed by atoms with Crippen LogP contribution in [0.1, 0.15) is 79.7 Å². The maximum Gasteiger partial charge on any atom is 0.249 e. The topological polar surface area (TPSA) is 96.8 Å². The molecule has 1 unspecified atom stereocenters. The van der Waals surface area contributed by atoms with Gasteiger partial charge >= 0.3 is 0 Å². The first-order chi connectivity index (χ1) is 19.4. The molecular weight excluding hydrogens is 514 g/mol. The largest absolute Gasteiger partial charge is 0.343 e. The van der Waals surface area contributed by atoms with Gasteiger partial charge in [-0.1, -0.05) is 70.5 Å². The highest BCUT2D eigenvalue weighted by atomic mass is 16.2. The number of nitrogens with one attached hydrogen (secondary N) is 1.